The quantitative estimate of drug-likeness (QED) is 0.824. The predicted molar refractivity (Wildman–Crippen MR) is 80.3 cm³/mol. The zero-order valence-corrected chi connectivity index (χ0v) is 11.9. The summed E-state index contributed by atoms with van der Waals surface area (Å²) in [6.07, 6.45) is 1.12. The van der Waals surface area contributed by atoms with E-state index in [0.717, 1.165) is 13.0 Å². The molecule has 0 saturated carbocycles. The average Bonchev–Trinajstić information content (AvgIpc) is 2.90. The maximum Gasteiger partial charge on any atom is 0.00796 e. The highest BCUT2D eigenvalue weighted by Crippen LogP contribution is 2.14. The molecule has 2 aromatic rings. The van der Waals surface area contributed by atoms with Gasteiger partial charge in [0, 0.05) is 12.6 Å². The fraction of sp³-hybridized carbons (Fsp3) is 0.375. The summed E-state index contributed by atoms with van der Waals surface area (Å²) in [6.45, 7) is 5.57. The molecule has 0 saturated heterocycles. The smallest absolute Gasteiger partial charge is 0.00796 e. The third-order valence-electron chi connectivity index (χ3n) is 3.26. The van der Waals surface area contributed by atoms with Crippen LogP contribution in [-0.4, -0.2) is 12.6 Å². The lowest BCUT2D eigenvalue weighted by Crippen LogP contribution is -2.31. The van der Waals surface area contributed by atoms with Crippen LogP contribution in [0.3, 0.4) is 0 Å². The number of benzene rings is 1. The van der Waals surface area contributed by atoms with Crippen molar-refractivity contribution in [2.75, 3.05) is 6.54 Å². The normalized spacial score (nSPS) is 14.3. The molecule has 1 N–H and O–H groups in total. The molecule has 1 aromatic carbocycles. The van der Waals surface area contributed by atoms with Crippen molar-refractivity contribution >= 4 is 11.3 Å². The van der Waals surface area contributed by atoms with E-state index in [1.165, 1.54) is 11.1 Å². The zero-order valence-electron chi connectivity index (χ0n) is 11.1. The van der Waals surface area contributed by atoms with Gasteiger partial charge in [0.25, 0.3) is 0 Å². The van der Waals surface area contributed by atoms with Crippen LogP contribution in [0.15, 0.2) is 47.2 Å². The second kappa shape index (κ2) is 6.72. The van der Waals surface area contributed by atoms with Crippen molar-refractivity contribution in [2.24, 2.45) is 0 Å². The van der Waals surface area contributed by atoms with Gasteiger partial charge in [-0.25, -0.2) is 0 Å². The second-order valence-electron chi connectivity index (χ2n) is 4.96. The van der Waals surface area contributed by atoms with E-state index in [0.29, 0.717) is 12.0 Å². The van der Waals surface area contributed by atoms with Crippen molar-refractivity contribution in [1.82, 2.24) is 5.32 Å². The molecule has 2 atom stereocenters. The van der Waals surface area contributed by atoms with Crippen molar-refractivity contribution in [1.29, 1.82) is 0 Å². The number of hydrogen-bond acceptors (Lipinski definition) is 2. The molecule has 0 spiro atoms. The summed E-state index contributed by atoms with van der Waals surface area (Å²) in [5.41, 5.74) is 2.85. The highest BCUT2D eigenvalue weighted by Gasteiger charge is 2.08. The summed E-state index contributed by atoms with van der Waals surface area (Å²) < 4.78 is 0. The van der Waals surface area contributed by atoms with Gasteiger partial charge in [-0.05, 0) is 47.2 Å². The maximum absolute atomic E-state index is 3.62. The Kier molecular flexibility index (Phi) is 4.97. The molecule has 0 fully saturated rings. The van der Waals surface area contributed by atoms with Gasteiger partial charge in [-0.1, -0.05) is 37.3 Å². The predicted octanol–water partition coefficient (Wildman–Crippen LogP) is 4.07. The van der Waals surface area contributed by atoms with Crippen molar-refractivity contribution in [3.8, 4) is 0 Å². The van der Waals surface area contributed by atoms with E-state index < -0.39 is 0 Å². The van der Waals surface area contributed by atoms with Gasteiger partial charge in [0.2, 0.25) is 0 Å². The second-order valence-corrected chi connectivity index (χ2v) is 5.74. The average molecular weight is 259 g/mol. The molecule has 96 valence electrons. The van der Waals surface area contributed by atoms with Gasteiger partial charge in [0.05, 0.1) is 0 Å². The minimum absolute atomic E-state index is 0.533. The molecule has 1 heterocycles. The third-order valence-corrected chi connectivity index (χ3v) is 4.00. The standard InChI is InChI=1S/C16H21NS/c1-13(16-6-4-3-5-7-16)11-17-14(2)10-15-8-9-18-12-15/h3-9,12-14,17H,10-11H2,1-2H3. The van der Waals surface area contributed by atoms with Gasteiger partial charge in [-0.3, -0.25) is 0 Å². The molecule has 2 unspecified atom stereocenters. The van der Waals surface area contributed by atoms with Gasteiger partial charge in [0.15, 0.2) is 0 Å². The zero-order chi connectivity index (χ0) is 12.8. The van der Waals surface area contributed by atoms with Crippen LogP contribution in [0.5, 0.6) is 0 Å². The number of thiophene rings is 1. The first kappa shape index (κ1) is 13.3. The Morgan fingerprint density at radius 2 is 1.89 bits per heavy atom. The van der Waals surface area contributed by atoms with Gasteiger partial charge in [0.1, 0.15) is 0 Å². The molecule has 18 heavy (non-hydrogen) atoms. The first-order valence-corrected chi connectivity index (χ1v) is 7.49. The molecule has 0 bridgehead atoms. The molecular weight excluding hydrogens is 238 g/mol. The summed E-state index contributed by atoms with van der Waals surface area (Å²) in [6, 6.07) is 13.4. The molecule has 0 radical (unpaired) electrons. The maximum atomic E-state index is 3.62. The number of rotatable bonds is 6. The Labute approximate surface area is 114 Å². The van der Waals surface area contributed by atoms with Crippen molar-refractivity contribution in [3.05, 3.63) is 58.3 Å². The van der Waals surface area contributed by atoms with E-state index in [1.54, 1.807) is 11.3 Å². The van der Waals surface area contributed by atoms with E-state index in [2.05, 4.69) is 66.3 Å². The van der Waals surface area contributed by atoms with E-state index in [4.69, 9.17) is 0 Å². The summed E-state index contributed by atoms with van der Waals surface area (Å²) in [5.74, 6) is 0.566. The van der Waals surface area contributed by atoms with E-state index in [-0.39, 0.29) is 0 Å². The van der Waals surface area contributed by atoms with Crippen LogP contribution in [0, 0.1) is 0 Å². The van der Waals surface area contributed by atoms with Crippen LogP contribution in [0.1, 0.15) is 30.9 Å². The van der Waals surface area contributed by atoms with Crippen molar-refractivity contribution in [3.63, 3.8) is 0 Å². The Morgan fingerprint density at radius 1 is 1.11 bits per heavy atom. The fourth-order valence-electron chi connectivity index (χ4n) is 2.11. The van der Waals surface area contributed by atoms with Crippen LogP contribution in [0.25, 0.3) is 0 Å². The summed E-state index contributed by atoms with van der Waals surface area (Å²) in [7, 11) is 0. The summed E-state index contributed by atoms with van der Waals surface area (Å²) in [4.78, 5) is 0. The minimum Gasteiger partial charge on any atom is -0.313 e. The lowest BCUT2D eigenvalue weighted by atomic mass is 10.0. The Bertz CT molecular complexity index is 435. The van der Waals surface area contributed by atoms with Gasteiger partial charge < -0.3 is 5.32 Å². The highest BCUT2D eigenvalue weighted by molar-refractivity contribution is 7.07. The number of hydrogen-bond donors (Lipinski definition) is 1. The molecule has 0 aliphatic rings. The van der Waals surface area contributed by atoms with E-state index in [1.807, 2.05) is 0 Å². The fourth-order valence-corrected chi connectivity index (χ4v) is 2.79. The Hall–Kier alpha value is -1.12. The van der Waals surface area contributed by atoms with Crippen molar-refractivity contribution in [2.45, 2.75) is 32.2 Å². The van der Waals surface area contributed by atoms with Gasteiger partial charge >= 0.3 is 0 Å². The SMILES string of the molecule is CC(Cc1ccsc1)NCC(C)c1ccccc1. The van der Waals surface area contributed by atoms with Crippen LogP contribution >= 0.6 is 11.3 Å². The van der Waals surface area contributed by atoms with E-state index >= 15 is 0 Å². The molecule has 0 aliphatic heterocycles. The largest absolute Gasteiger partial charge is 0.313 e. The summed E-state index contributed by atoms with van der Waals surface area (Å²) >= 11 is 1.78. The molecule has 0 aliphatic carbocycles. The number of nitrogens with one attached hydrogen (secondary N) is 1. The van der Waals surface area contributed by atoms with Crippen LogP contribution in [0.4, 0.5) is 0 Å². The highest BCUT2D eigenvalue weighted by atomic mass is 32.1. The van der Waals surface area contributed by atoms with Gasteiger partial charge in [-0.2, -0.15) is 11.3 Å². The third kappa shape index (κ3) is 3.97. The lowest BCUT2D eigenvalue weighted by Gasteiger charge is -2.17. The Balaban J connectivity index is 1.77. The first-order valence-electron chi connectivity index (χ1n) is 6.55. The minimum atomic E-state index is 0.533. The van der Waals surface area contributed by atoms with E-state index in [9.17, 15) is 0 Å². The topological polar surface area (TPSA) is 12.0 Å². The molecule has 0 amide bonds. The van der Waals surface area contributed by atoms with Gasteiger partial charge in [-0.15, -0.1) is 0 Å². The molecule has 1 aromatic heterocycles. The summed E-state index contributed by atoms with van der Waals surface area (Å²) in [5, 5.41) is 8.01. The molecule has 1 nitrogen and oxygen atoms in total. The molecular formula is C16H21NS. The lowest BCUT2D eigenvalue weighted by molar-refractivity contribution is 0.517. The molecule has 2 heteroatoms. The van der Waals surface area contributed by atoms with Crippen LogP contribution in [-0.2, 0) is 6.42 Å². The molecule has 2 rings (SSSR count). The van der Waals surface area contributed by atoms with Crippen LogP contribution in [0.2, 0.25) is 0 Å². The monoisotopic (exact) mass is 259 g/mol. The Morgan fingerprint density at radius 3 is 2.56 bits per heavy atom. The first-order chi connectivity index (χ1) is 8.75. The van der Waals surface area contributed by atoms with Crippen molar-refractivity contribution < 1.29 is 0 Å². The van der Waals surface area contributed by atoms with Crippen LogP contribution < -0.4 is 5.32 Å².